The number of carbonyl (C=O) groups is 1. The van der Waals surface area contributed by atoms with Crippen LogP contribution in [0.4, 0.5) is 0 Å². The number of nitrogens with zero attached hydrogens (tertiary/aromatic N) is 4. The fourth-order valence-electron chi connectivity index (χ4n) is 2.74. The molecule has 4 rings (SSSR count). The van der Waals surface area contributed by atoms with Gasteiger partial charge in [0.25, 0.3) is 0 Å². The Balaban J connectivity index is 2.12. The number of hydrogen-bond donors (Lipinski definition) is 1. The molecule has 0 atom stereocenters. The van der Waals surface area contributed by atoms with E-state index in [2.05, 4.69) is 15.1 Å². The molecule has 6 heteroatoms. The van der Waals surface area contributed by atoms with E-state index in [1.807, 2.05) is 19.3 Å². The third-order valence-corrected chi connectivity index (χ3v) is 3.82. The maximum atomic E-state index is 11.2. The first-order valence-corrected chi connectivity index (χ1v) is 7.03. The predicted molar refractivity (Wildman–Crippen MR) is 86.2 cm³/mol. The molecule has 6 nitrogen and oxygen atoms in total. The molecule has 0 saturated heterocycles. The summed E-state index contributed by atoms with van der Waals surface area (Å²) < 4.78 is 1.71. The summed E-state index contributed by atoms with van der Waals surface area (Å²) in [6, 6.07) is 6.87. The van der Waals surface area contributed by atoms with Gasteiger partial charge in [-0.3, -0.25) is 9.67 Å². The van der Waals surface area contributed by atoms with E-state index in [1.54, 1.807) is 41.5 Å². The number of carboxylic acids is 1. The second-order valence-corrected chi connectivity index (χ2v) is 5.32. The predicted octanol–water partition coefficient (Wildman–Crippen LogP) is 2.88. The van der Waals surface area contributed by atoms with E-state index < -0.39 is 5.97 Å². The van der Waals surface area contributed by atoms with E-state index in [9.17, 15) is 9.90 Å². The first-order valence-electron chi connectivity index (χ1n) is 7.03. The molecule has 0 bridgehead atoms. The lowest BCUT2D eigenvalue weighted by Gasteiger charge is -2.08. The number of hydrogen-bond acceptors (Lipinski definition) is 4. The van der Waals surface area contributed by atoms with Crippen molar-refractivity contribution >= 4 is 27.6 Å². The molecule has 1 N–H and O–H groups in total. The Hall–Kier alpha value is -3.28. The Morgan fingerprint density at radius 2 is 2.00 bits per heavy atom. The minimum atomic E-state index is -0.970. The van der Waals surface area contributed by atoms with Gasteiger partial charge in [-0.15, -0.1) is 0 Å². The molecule has 0 spiro atoms. The van der Waals surface area contributed by atoms with Gasteiger partial charge in [0.05, 0.1) is 23.0 Å². The summed E-state index contributed by atoms with van der Waals surface area (Å²) in [5.74, 6) is -0.970. The number of rotatable bonds is 2. The molecular formula is C17H12N4O2. The molecule has 0 aliphatic rings. The van der Waals surface area contributed by atoms with Gasteiger partial charge in [0, 0.05) is 47.4 Å². The van der Waals surface area contributed by atoms with Crippen molar-refractivity contribution in [1.29, 1.82) is 0 Å². The normalized spacial score (nSPS) is 11.2. The SMILES string of the molecule is Cn1cc(-c2nc3cc(C(=O)O)ccc3c3cnccc23)cn1. The van der Waals surface area contributed by atoms with Crippen molar-refractivity contribution in [3.05, 3.63) is 54.6 Å². The summed E-state index contributed by atoms with van der Waals surface area (Å²) in [4.78, 5) is 20.1. The van der Waals surface area contributed by atoms with Crippen LogP contribution in [0.5, 0.6) is 0 Å². The van der Waals surface area contributed by atoms with Crippen LogP contribution in [0.2, 0.25) is 0 Å². The Bertz CT molecular complexity index is 1070. The standard InChI is InChI=1S/C17H12N4O2/c1-21-9-11(7-19-21)16-13-4-5-18-8-14(13)12-3-2-10(17(22)23)6-15(12)20-16/h2-9H,1H3,(H,22,23). The van der Waals surface area contributed by atoms with Crippen LogP contribution in [-0.2, 0) is 7.05 Å². The van der Waals surface area contributed by atoms with Gasteiger partial charge in [-0.1, -0.05) is 6.07 Å². The molecule has 0 radical (unpaired) electrons. The van der Waals surface area contributed by atoms with E-state index in [0.29, 0.717) is 5.52 Å². The van der Waals surface area contributed by atoms with Crippen molar-refractivity contribution in [3.63, 3.8) is 0 Å². The van der Waals surface area contributed by atoms with E-state index in [4.69, 9.17) is 0 Å². The average molecular weight is 304 g/mol. The van der Waals surface area contributed by atoms with Gasteiger partial charge < -0.3 is 5.11 Å². The second-order valence-electron chi connectivity index (χ2n) is 5.32. The topological polar surface area (TPSA) is 80.9 Å². The molecular weight excluding hydrogens is 292 g/mol. The molecule has 0 saturated carbocycles. The minimum Gasteiger partial charge on any atom is -0.478 e. The Morgan fingerprint density at radius 3 is 2.74 bits per heavy atom. The highest BCUT2D eigenvalue weighted by atomic mass is 16.4. The highest BCUT2D eigenvalue weighted by Gasteiger charge is 2.13. The summed E-state index contributed by atoms with van der Waals surface area (Å²) in [5.41, 5.74) is 2.49. The maximum absolute atomic E-state index is 11.2. The number of aromatic carboxylic acids is 1. The summed E-state index contributed by atoms with van der Waals surface area (Å²) in [6.45, 7) is 0. The van der Waals surface area contributed by atoms with Crippen LogP contribution in [0.15, 0.2) is 49.1 Å². The molecule has 0 fully saturated rings. The smallest absolute Gasteiger partial charge is 0.335 e. The molecule has 0 unspecified atom stereocenters. The lowest BCUT2D eigenvalue weighted by atomic mass is 10.0. The van der Waals surface area contributed by atoms with Crippen molar-refractivity contribution in [2.75, 3.05) is 0 Å². The molecule has 0 aliphatic carbocycles. The van der Waals surface area contributed by atoms with Crippen LogP contribution in [0.3, 0.4) is 0 Å². The monoisotopic (exact) mass is 304 g/mol. The zero-order valence-corrected chi connectivity index (χ0v) is 12.3. The second kappa shape index (κ2) is 4.88. The molecule has 3 aromatic heterocycles. The first kappa shape index (κ1) is 13.4. The summed E-state index contributed by atoms with van der Waals surface area (Å²) in [5, 5.41) is 16.2. The van der Waals surface area contributed by atoms with Crippen LogP contribution >= 0.6 is 0 Å². The quantitative estimate of drug-likeness (QED) is 0.576. The third-order valence-electron chi connectivity index (χ3n) is 3.82. The fourth-order valence-corrected chi connectivity index (χ4v) is 2.74. The first-order chi connectivity index (χ1) is 11.1. The van der Waals surface area contributed by atoms with E-state index in [0.717, 1.165) is 27.4 Å². The van der Waals surface area contributed by atoms with E-state index in [-0.39, 0.29) is 5.56 Å². The Labute approximate surface area is 131 Å². The largest absolute Gasteiger partial charge is 0.478 e. The van der Waals surface area contributed by atoms with E-state index in [1.165, 1.54) is 0 Å². The summed E-state index contributed by atoms with van der Waals surface area (Å²) in [7, 11) is 1.84. The van der Waals surface area contributed by atoms with Crippen LogP contribution in [-0.4, -0.2) is 30.8 Å². The molecule has 1 aromatic carbocycles. The maximum Gasteiger partial charge on any atom is 0.335 e. The van der Waals surface area contributed by atoms with Gasteiger partial charge in [0.1, 0.15) is 0 Å². The Morgan fingerprint density at radius 1 is 1.13 bits per heavy atom. The number of aryl methyl sites for hydroxylation is 1. The molecule has 112 valence electrons. The van der Waals surface area contributed by atoms with Crippen LogP contribution in [0.25, 0.3) is 32.9 Å². The van der Waals surface area contributed by atoms with Gasteiger partial charge in [0.15, 0.2) is 0 Å². The average Bonchev–Trinajstić information content (AvgIpc) is 2.99. The molecule has 0 amide bonds. The number of carboxylic acid groups (broad SMARTS) is 1. The van der Waals surface area contributed by atoms with Gasteiger partial charge in [-0.2, -0.15) is 5.10 Å². The summed E-state index contributed by atoms with van der Waals surface area (Å²) in [6.07, 6.45) is 7.13. The lowest BCUT2D eigenvalue weighted by Crippen LogP contribution is -1.97. The summed E-state index contributed by atoms with van der Waals surface area (Å²) >= 11 is 0. The van der Waals surface area contributed by atoms with E-state index >= 15 is 0 Å². The molecule has 0 aliphatic heterocycles. The van der Waals surface area contributed by atoms with Crippen molar-refractivity contribution < 1.29 is 9.90 Å². The fraction of sp³-hybridized carbons (Fsp3) is 0.0588. The number of benzene rings is 1. The van der Waals surface area contributed by atoms with Gasteiger partial charge in [-0.25, -0.2) is 9.78 Å². The van der Waals surface area contributed by atoms with Gasteiger partial charge in [0.2, 0.25) is 0 Å². The van der Waals surface area contributed by atoms with Gasteiger partial charge >= 0.3 is 5.97 Å². The van der Waals surface area contributed by atoms with Gasteiger partial charge in [-0.05, 0) is 18.2 Å². The zero-order chi connectivity index (χ0) is 16.0. The lowest BCUT2D eigenvalue weighted by molar-refractivity contribution is 0.0697. The minimum absolute atomic E-state index is 0.213. The van der Waals surface area contributed by atoms with Crippen molar-refractivity contribution in [1.82, 2.24) is 19.7 Å². The van der Waals surface area contributed by atoms with Crippen molar-refractivity contribution in [2.45, 2.75) is 0 Å². The van der Waals surface area contributed by atoms with Crippen LogP contribution < -0.4 is 0 Å². The number of fused-ring (bicyclic) bond motifs is 3. The Kier molecular flexibility index (Phi) is 2.84. The van der Waals surface area contributed by atoms with Crippen molar-refractivity contribution in [3.8, 4) is 11.3 Å². The highest BCUT2D eigenvalue weighted by Crippen LogP contribution is 2.31. The van der Waals surface area contributed by atoms with Crippen LogP contribution in [0, 0.1) is 0 Å². The molecule has 23 heavy (non-hydrogen) atoms. The highest BCUT2D eigenvalue weighted by molar-refractivity contribution is 6.11. The molecule has 3 heterocycles. The zero-order valence-electron chi connectivity index (χ0n) is 12.3. The number of aromatic nitrogens is 4. The number of pyridine rings is 2. The third kappa shape index (κ3) is 2.12. The van der Waals surface area contributed by atoms with Crippen molar-refractivity contribution in [2.24, 2.45) is 7.05 Å². The van der Waals surface area contributed by atoms with Crippen LogP contribution in [0.1, 0.15) is 10.4 Å². The molecule has 4 aromatic rings.